The van der Waals surface area contributed by atoms with E-state index in [-0.39, 0.29) is 0 Å². The lowest BCUT2D eigenvalue weighted by molar-refractivity contribution is -0.171. The number of hydrogen-bond acceptors (Lipinski definition) is 2. The molecule has 4 saturated carbocycles. The molecular formula is C25H40O3. The Morgan fingerprint density at radius 2 is 1.68 bits per heavy atom. The molecule has 0 radical (unpaired) electrons. The van der Waals surface area contributed by atoms with Crippen molar-refractivity contribution in [3.05, 3.63) is 0 Å². The molecule has 0 amide bonds. The van der Waals surface area contributed by atoms with E-state index >= 15 is 0 Å². The molecule has 3 heteroatoms. The van der Waals surface area contributed by atoms with Crippen LogP contribution in [0.4, 0.5) is 0 Å². The summed E-state index contributed by atoms with van der Waals surface area (Å²) in [6, 6.07) is 0. The van der Waals surface area contributed by atoms with Crippen LogP contribution >= 0.6 is 0 Å². The molecule has 28 heavy (non-hydrogen) atoms. The average Bonchev–Trinajstić information content (AvgIpc) is 2.99. The highest BCUT2D eigenvalue weighted by molar-refractivity contribution is 5.79. The Morgan fingerprint density at radius 1 is 1.00 bits per heavy atom. The van der Waals surface area contributed by atoms with Crippen molar-refractivity contribution in [2.75, 3.05) is 0 Å². The van der Waals surface area contributed by atoms with Crippen LogP contribution < -0.4 is 0 Å². The first-order valence-corrected chi connectivity index (χ1v) is 11.8. The fraction of sp³-hybridized carbons (Fsp3) is 0.920. The third-order valence-electron chi connectivity index (χ3n) is 10.7. The normalized spacial score (nSPS) is 49.1. The second kappa shape index (κ2) is 6.84. The van der Waals surface area contributed by atoms with Crippen molar-refractivity contribution in [3.8, 4) is 0 Å². The summed E-state index contributed by atoms with van der Waals surface area (Å²) in [4.78, 5) is 23.2. The van der Waals surface area contributed by atoms with E-state index < -0.39 is 5.97 Å². The van der Waals surface area contributed by atoms with Crippen LogP contribution in [-0.4, -0.2) is 16.9 Å². The number of rotatable bonds is 4. The maximum atomic E-state index is 12.1. The van der Waals surface area contributed by atoms with E-state index in [4.69, 9.17) is 5.11 Å². The molecule has 158 valence electrons. The van der Waals surface area contributed by atoms with Gasteiger partial charge < -0.3 is 5.11 Å². The van der Waals surface area contributed by atoms with E-state index in [1.807, 2.05) is 0 Å². The summed E-state index contributed by atoms with van der Waals surface area (Å²) in [6.07, 6.45) is 11.6. The number of carbonyl (C=O) groups excluding carboxylic acids is 1. The smallest absolute Gasteiger partial charge is 0.303 e. The minimum Gasteiger partial charge on any atom is -0.481 e. The van der Waals surface area contributed by atoms with Gasteiger partial charge in [0, 0.05) is 19.3 Å². The van der Waals surface area contributed by atoms with Crippen molar-refractivity contribution < 1.29 is 14.7 Å². The first kappa shape index (κ1) is 20.4. The van der Waals surface area contributed by atoms with Gasteiger partial charge in [-0.1, -0.05) is 27.7 Å². The highest BCUT2D eigenvalue weighted by Crippen LogP contribution is 2.72. The van der Waals surface area contributed by atoms with E-state index in [1.165, 1.54) is 38.5 Å². The molecule has 4 aliphatic rings. The van der Waals surface area contributed by atoms with Crippen LogP contribution in [0.25, 0.3) is 0 Å². The van der Waals surface area contributed by atoms with Gasteiger partial charge in [0.25, 0.3) is 0 Å². The van der Waals surface area contributed by atoms with Gasteiger partial charge in [-0.2, -0.15) is 0 Å². The summed E-state index contributed by atoms with van der Waals surface area (Å²) in [5.41, 5.74) is 1.13. The van der Waals surface area contributed by atoms with Crippen LogP contribution in [0.2, 0.25) is 0 Å². The van der Waals surface area contributed by atoms with Gasteiger partial charge in [0.05, 0.1) is 0 Å². The number of aliphatic carboxylic acids is 1. The van der Waals surface area contributed by atoms with Crippen molar-refractivity contribution in [1.82, 2.24) is 0 Å². The second-order valence-electron chi connectivity index (χ2n) is 11.7. The molecule has 0 spiro atoms. The molecule has 8 atom stereocenters. The molecule has 0 bridgehead atoms. The van der Waals surface area contributed by atoms with E-state index in [9.17, 15) is 9.59 Å². The lowest BCUT2D eigenvalue weighted by Crippen LogP contribution is -2.58. The van der Waals surface area contributed by atoms with Gasteiger partial charge in [0.2, 0.25) is 0 Å². The molecule has 0 unspecified atom stereocenters. The molecule has 1 N–H and O–H groups in total. The highest BCUT2D eigenvalue weighted by Gasteiger charge is 2.65. The summed E-state index contributed by atoms with van der Waals surface area (Å²) < 4.78 is 0. The Balaban J connectivity index is 1.58. The quantitative estimate of drug-likeness (QED) is 0.632. The summed E-state index contributed by atoms with van der Waals surface area (Å²) in [7, 11) is 0. The largest absolute Gasteiger partial charge is 0.481 e. The second-order valence-corrected chi connectivity index (χ2v) is 11.7. The topological polar surface area (TPSA) is 54.4 Å². The molecule has 0 saturated heterocycles. The SMILES string of the molecule is C[C@H](CCC(=O)O)[C@H]1CC[C@H]2[C@]3(C)CC[C@@H]4CC(=O)CC[C@]4(C)[C@H]3CC[C@@]21C. The minimum absolute atomic E-state index is 0.312. The summed E-state index contributed by atoms with van der Waals surface area (Å²) in [5, 5.41) is 9.13. The number of hydrogen-bond donors (Lipinski definition) is 1. The molecule has 4 fully saturated rings. The molecule has 4 rings (SSSR count). The molecule has 0 aromatic carbocycles. The first-order chi connectivity index (χ1) is 13.1. The zero-order valence-corrected chi connectivity index (χ0v) is 18.4. The summed E-state index contributed by atoms with van der Waals surface area (Å²) in [5.74, 6) is 3.17. The number of Topliss-reactive ketones (excluding diaryl/α,β-unsaturated/α-hetero) is 1. The maximum absolute atomic E-state index is 12.1. The number of fused-ring (bicyclic) bond motifs is 5. The number of ketones is 1. The third kappa shape index (κ3) is 2.89. The van der Waals surface area contributed by atoms with Gasteiger partial charge in [-0.25, -0.2) is 0 Å². The van der Waals surface area contributed by atoms with E-state index in [0.29, 0.717) is 46.2 Å². The van der Waals surface area contributed by atoms with E-state index in [2.05, 4.69) is 27.7 Å². The molecule has 0 aliphatic heterocycles. The fourth-order valence-electron chi connectivity index (χ4n) is 9.25. The van der Waals surface area contributed by atoms with Crippen LogP contribution in [0.15, 0.2) is 0 Å². The molecule has 3 nitrogen and oxygen atoms in total. The van der Waals surface area contributed by atoms with Gasteiger partial charge in [-0.3, -0.25) is 9.59 Å². The average molecular weight is 389 g/mol. The standard InChI is InChI=1S/C25H40O3/c1-16(5-8-22(27)28)19-6-7-20-24(19,3)14-11-21-23(2)13-10-18(26)15-17(23)9-12-25(20,21)4/h16-17,19-21H,5-15H2,1-4H3,(H,27,28)/t16-,17-,19-,20-,21-,23+,24-,25+/m1/s1. The van der Waals surface area contributed by atoms with Crippen LogP contribution in [0.3, 0.4) is 0 Å². The zero-order valence-electron chi connectivity index (χ0n) is 18.4. The predicted molar refractivity (Wildman–Crippen MR) is 111 cm³/mol. The molecule has 0 heterocycles. The van der Waals surface area contributed by atoms with Crippen molar-refractivity contribution in [3.63, 3.8) is 0 Å². The van der Waals surface area contributed by atoms with Gasteiger partial charge in [-0.05, 0) is 97.2 Å². The Kier molecular flexibility index (Phi) is 4.99. The van der Waals surface area contributed by atoms with Crippen molar-refractivity contribution in [2.24, 2.45) is 45.8 Å². The zero-order chi connectivity index (χ0) is 20.3. The third-order valence-corrected chi connectivity index (χ3v) is 10.7. The molecule has 0 aromatic rings. The number of carboxylic acid groups (broad SMARTS) is 1. The molecule has 4 aliphatic carbocycles. The Morgan fingerprint density at radius 3 is 2.39 bits per heavy atom. The van der Waals surface area contributed by atoms with Crippen molar-refractivity contribution in [1.29, 1.82) is 0 Å². The van der Waals surface area contributed by atoms with Crippen LogP contribution in [0, 0.1) is 45.8 Å². The Bertz CT molecular complexity index is 656. The highest BCUT2D eigenvalue weighted by atomic mass is 16.4. The fourth-order valence-corrected chi connectivity index (χ4v) is 9.25. The number of carbonyl (C=O) groups is 2. The summed E-state index contributed by atoms with van der Waals surface area (Å²) >= 11 is 0. The van der Waals surface area contributed by atoms with Crippen LogP contribution in [0.5, 0.6) is 0 Å². The lowest BCUT2D eigenvalue weighted by atomic mass is 9.39. The lowest BCUT2D eigenvalue weighted by Gasteiger charge is -2.65. The molecular weight excluding hydrogens is 348 g/mol. The van der Waals surface area contributed by atoms with Crippen LogP contribution in [-0.2, 0) is 9.59 Å². The Labute approximate surface area is 171 Å². The van der Waals surface area contributed by atoms with Crippen molar-refractivity contribution in [2.45, 2.75) is 98.3 Å². The van der Waals surface area contributed by atoms with Gasteiger partial charge in [-0.15, -0.1) is 0 Å². The summed E-state index contributed by atoms with van der Waals surface area (Å²) in [6.45, 7) is 9.98. The van der Waals surface area contributed by atoms with Crippen LogP contribution in [0.1, 0.15) is 98.3 Å². The first-order valence-electron chi connectivity index (χ1n) is 11.8. The monoisotopic (exact) mass is 388 g/mol. The number of carboxylic acids is 1. The minimum atomic E-state index is -0.652. The maximum Gasteiger partial charge on any atom is 0.303 e. The van der Waals surface area contributed by atoms with Crippen molar-refractivity contribution >= 4 is 11.8 Å². The molecule has 0 aromatic heterocycles. The van der Waals surface area contributed by atoms with E-state index in [0.717, 1.165) is 37.5 Å². The van der Waals surface area contributed by atoms with Gasteiger partial charge in [0.1, 0.15) is 5.78 Å². The predicted octanol–water partition coefficient (Wildman–Crippen LogP) is 6.11. The van der Waals surface area contributed by atoms with Gasteiger partial charge >= 0.3 is 5.97 Å². The van der Waals surface area contributed by atoms with E-state index in [1.54, 1.807) is 0 Å². The Hall–Kier alpha value is -0.860. The van der Waals surface area contributed by atoms with Gasteiger partial charge in [0.15, 0.2) is 0 Å².